The molecule has 1 saturated heterocycles. The van der Waals surface area contributed by atoms with Gasteiger partial charge in [0, 0.05) is 39.0 Å². The standard InChI is InChI=1S/C24H29FN2O2/c1-24(2,20-8-4-3-5-9-20)18-23(29)27-15-13-26(14-16-27)22(28)12-11-19-7-6-10-21(25)17-19/h3-10,17H,11-16,18H2,1-2H3. The number of benzene rings is 2. The number of carbonyl (C=O) groups is 2. The molecule has 29 heavy (non-hydrogen) atoms. The number of halogens is 1. The molecule has 1 aliphatic heterocycles. The molecule has 1 fully saturated rings. The number of hydrogen-bond donors (Lipinski definition) is 0. The van der Waals surface area contributed by atoms with Crippen LogP contribution in [0.4, 0.5) is 4.39 Å². The lowest BCUT2D eigenvalue weighted by molar-refractivity contribution is -0.140. The Labute approximate surface area is 172 Å². The minimum atomic E-state index is -0.277. The number of aryl methyl sites for hydroxylation is 1. The zero-order valence-electron chi connectivity index (χ0n) is 17.2. The van der Waals surface area contributed by atoms with Gasteiger partial charge in [-0.05, 0) is 35.1 Å². The second kappa shape index (κ2) is 9.21. The Bertz CT molecular complexity index is 843. The van der Waals surface area contributed by atoms with Crippen molar-refractivity contribution in [1.82, 2.24) is 9.80 Å². The molecule has 0 aromatic heterocycles. The van der Waals surface area contributed by atoms with Crippen molar-refractivity contribution in [2.45, 2.75) is 38.5 Å². The summed E-state index contributed by atoms with van der Waals surface area (Å²) in [6, 6.07) is 16.5. The Balaban J connectivity index is 1.47. The molecule has 154 valence electrons. The molecule has 0 N–H and O–H groups in total. The zero-order chi connectivity index (χ0) is 20.9. The van der Waals surface area contributed by atoms with Gasteiger partial charge in [0.25, 0.3) is 0 Å². The summed E-state index contributed by atoms with van der Waals surface area (Å²) in [4.78, 5) is 28.9. The first-order valence-corrected chi connectivity index (χ1v) is 10.2. The summed E-state index contributed by atoms with van der Waals surface area (Å²) in [7, 11) is 0. The van der Waals surface area contributed by atoms with Crippen LogP contribution >= 0.6 is 0 Å². The summed E-state index contributed by atoms with van der Waals surface area (Å²) in [6.45, 7) is 6.42. The van der Waals surface area contributed by atoms with Crippen molar-refractivity contribution >= 4 is 11.8 Å². The highest BCUT2D eigenvalue weighted by atomic mass is 19.1. The minimum Gasteiger partial charge on any atom is -0.339 e. The van der Waals surface area contributed by atoms with Crippen LogP contribution in [0.25, 0.3) is 0 Å². The fourth-order valence-electron chi connectivity index (χ4n) is 3.79. The lowest BCUT2D eigenvalue weighted by Crippen LogP contribution is -2.51. The average molecular weight is 397 g/mol. The van der Waals surface area contributed by atoms with Crippen LogP contribution in [-0.4, -0.2) is 47.8 Å². The lowest BCUT2D eigenvalue weighted by Gasteiger charge is -2.36. The first-order chi connectivity index (χ1) is 13.8. The van der Waals surface area contributed by atoms with Gasteiger partial charge in [0.15, 0.2) is 0 Å². The van der Waals surface area contributed by atoms with E-state index in [2.05, 4.69) is 26.0 Å². The molecule has 0 aliphatic carbocycles. The van der Waals surface area contributed by atoms with Gasteiger partial charge in [-0.3, -0.25) is 9.59 Å². The molecule has 2 amide bonds. The summed E-state index contributed by atoms with van der Waals surface area (Å²) in [5.74, 6) is -0.0859. The second-order valence-electron chi connectivity index (χ2n) is 8.32. The van der Waals surface area contributed by atoms with Gasteiger partial charge in [0.1, 0.15) is 5.82 Å². The fraction of sp³-hybridized carbons (Fsp3) is 0.417. The van der Waals surface area contributed by atoms with Crippen LogP contribution in [0.5, 0.6) is 0 Å². The monoisotopic (exact) mass is 396 g/mol. The van der Waals surface area contributed by atoms with Gasteiger partial charge in [-0.25, -0.2) is 4.39 Å². The Kier molecular flexibility index (Phi) is 6.68. The minimum absolute atomic E-state index is 0.0611. The number of nitrogens with zero attached hydrogens (tertiary/aromatic N) is 2. The third-order valence-corrected chi connectivity index (χ3v) is 5.65. The largest absolute Gasteiger partial charge is 0.339 e. The van der Waals surface area contributed by atoms with Crippen LogP contribution in [-0.2, 0) is 21.4 Å². The maximum Gasteiger partial charge on any atom is 0.223 e. The smallest absolute Gasteiger partial charge is 0.223 e. The van der Waals surface area contributed by atoms with Crippen LogP contribution in [0.2, 0.25) is 0 Å². The van der Waals surface area contributed by atoms with E-state index >= 15 is 0 Å². The summed E-state index contributed by atoms with van der Waals surface area (Å²) in [5, 5.41) is 0. The Morgan fingerprint density at radius 2 is 1.52 bits per heavy atom. The number of hydrogen-bond acceptors (Lipinski definition) is 2. The normalized spacial score (nSPS) is 14.7. The first kappa shape index (κ1) is 21.0. The maximum atomic E-state index is 13.3. The van der Waals surface area contributed by atoms with E-state index in [1.807, 2.05) is 34.1 Å². The summed E-state index contributed by atoms with van der Waals surface area (Å²) in [6.07, 6.45) is 1.34. The van der Waals surface area contributed by atoms with Crippen LogP contribution in [0.3, 0.4) is 0 Å². The van der Waals surface area contributed by atoms with E-state index in [-0.39, 0.29) is 23.0 Å². The van der Waals surface area contributed by atoms with Crippen molar-refractivity contribution in [1.29, 1.82) is 0 Å². The summed E-state index contributed by atoms with van der Waals surface area (Å²) >= 11 is 0. The van der Waals surface area contributed by atoms with E-state index in [0.717, 1.165) is 11.1 Å². The molecule has 0 atom stereocenters. The van der Waals surface area contributed by atoms with Gasteiger partial charge in [-0.2, -0.15) is 0 Å². The first-order valence-electron chi connectivity index (χ1n) is 10.2. The molecular formula is C24H29FN2O2. The Hall–Kier alpha value is -2.69. The SMILES string of the molecule is CC(C)(CC(=O)N1CCN(C(=O)CCc2cccc(F)c2)CC1)c1ccccc1. The van der Waals surface area contributed by atoms with Gasteiger partial charge in [-0.1, -0.05) is 56.3 Å². The number of amides is 2. The van der Waals surface area contributed by atoms with Crippen molar-refractivity contribution < 1.29 is 14.0 Å². The van der Waals surface area contributed by atoms with Gasteiger partial charge >= 0.3 is 0 Å². The van der Waals surface area contributed by atoms with Crippen LogP contribution in [0.15, 0.2) is 54.6 Å². The highest BCUT2D eigenvalue weighted by Crippen LogP contribution is 2.27. The molecule has 0 saturated carbocycles. The molecule has 1 heterocycles. The maximum absolute atomic E-state index is 13.3. The van der Waals surface area contributed by atoms with Crippen molar-refractivity contribution in [2.24, 2.45) is 0 Å². The van der Waals surface area contributed by atoms with E-state index < -0.39 is 0 Å². The lowest BCUT2D eigenvalue weighted by atomic mass is 9.81. The summed E-state index contributed by atoms with van der Waals surface area (Å²) < 4.78 is 13.3. The van der Waals surface area contributed by atoms with Crippen molar-refractivity contribution in [3.05, 3.63) is 71.5 Å². The average Bonchev–Trinajstić information content (AvgIpc) is 2.72. The number of carbonyl (C=O) groups excluding carboxylic acids is 2. The third kappa shape index (κ3) is 5.66. The van der Waals surface area contributed by atoms with E-state index in [4.69, 9.17) is 0 Å². The quantitative estimate of drug-likeness (QED) is 0.745. The zero-order valence-corrected chi connectivity index (χ0v) is 17.2. The van der Waals surface area contributed by atoms with Crippen molar-refractivity contribution in [3.63, 3.8) is 0 Å². The Morgan fingerprint density at radius 1 is 0.897 bits per heavy atom. The predicted octanol–water partition coefficient (Wildman–Crippen LogP) is 3.80. The topological polar surface area (TPSA) is 40.6 Å². The molecule has 1 aliphatic rings. The molecule has 5 heteroatoms. The molecule has 3 rings (SSSR count). The van der Waals surface area contributed by atoms with Gasteiger partial charge < -0.3 is 9.80 Å². The number of piperazine rings is 1. The molecule has 2 aromatic rings. The van der Waals surface area contributed by atoms with Gasteiger partial charge in [0.05, 0.1) is 0 Å². The van der Waals surface area contributed by atoms with Crippen molar-refractivity contribution in [2.75, 3.05) is 26.2 Å². The number of rotatable bonds is 6. The van der Waals surface area contributed by atoms with Crippen LogP contribution < -0.4 is 0 Å². The molecule has 0 unspecified atom stereocenters. The molecule has 0 radical (unpaired) electrons. The van der Waals surface area contributed by atoms with E-state index in [1.165, 1.54) is 12.1 Å². The van der Waals surface area contributed by atoms with E-state index in [0.29, 0.717) is 45.4 Å². The second-order valence-corrected chi connectivity index (χ2v) is 8.32. The molecular weight excluding hydrogens is 367 g/mol. The third-order valence-electron chi connectivity index (χ3n) is 5.65. The molecule has 0 spiro atoms. The summed E-state index contributed by atoms with van der Waals surface area (Å²) in [5.41, 5.74) is 1.76. The molecule has 2 aromatic carbocycles. The fourth-order valence-corrected chi connectivity index (χ4v) is 3.79. The van der Waals surface area contributed by atoms with Gasteiger partial charge in [-0.15, -0.1) is 0 Å². The highest BCUT2D eigenvalue weighted by Gasteiger charge is 2.29. The van der Waals surface area contributed by atoms with Crippen molar-refractivity contribution in [3.8, 4) is 0 Å². The highest BCUT2D eigenvalue weighted by molar-refractivity contribution is 5.79. The Morgan fingerprint density at radius 3 is 2.14 bits per heavy atom. The van der Waals surface area contributed by atoms with Gasteiger partial charge in [0.2, 0.25) is 11.8 Å². The van der Waals surface area contributed by atoms with Crippen LogP contribution in [0.1, 0.15) is 37.8 Å². The predicted molar refractivity (Wildman–Crippen MR) is 112 cm³/mol. The van der Waals surface area contributed by atoms with E-state index in [1.54, 1.807) is 6.07 Å². The molecule has 4 nitrogen and oxygen atoms in total. The van der Waals surface area contributed by atoms with Crippen LogP contribution in [0, 0.1) is 5.82 Å². The van der Waals surface area contributed by atoms with E-state index in [9.17, 15) is 14.0 Å². The molecule has 0 bridgehead atoms.